The lowest BCUT2D eigenvalue weighted by Crippen LogP contribution is -2.16. The molecular formula is C18H12Cl2N4OS. The van der Waals surface area contributed by atoms with Gasteiger partial charge >= 0.3 is 0 Å². The van der Waals surface area contributed by atoms with Crippen molar-refractivity contribution in [3.8, 4) is 0 Å². The summed E-state index contributed by atoms with van der Waals surface area (Å²) in [4.78, 5) is 16.8. The number of anilines is 1. The summed E-state index contributed by atoms with van der Waals surface area (Å²) >= 11 is 14.0. The van der Waals surface area contributed by atoms with Crippen molar-refractivity contribution in [3.63, 3.8) is 0 Å². The SMILES string of the molecule is O=C(Nc1ccnn1Cc1c(Cl)cccc1Cl)c1ccc2ncsc2c1. The van der Waals surface area contributed by atoms with Crippen molar-refractivity contribution in [2.24, 2.45) is 0 Å². The predicted molar refractivity (Wildman–Crippen MR) is 105 cm³/mol. The molecule has 0 unspecified atom stereocenters. The molecule has 0 aliphatic rings. The van der Waals surface area contributed by atoms with Crippen LogP contribution in [0.5, 0.6) is 0 Å². The van der Waals surface area contributed by atoms with Gasteiger partial charge in [-0.1, -0.05) is 29.3 Å². The molecule has 2 aromatic carbocycles. The molecule has 0 spiro atoms. The van der Waals surface area contributed by atoms with Crippen LogP contribution < -0.4 is 5.32 Å². The molecule has 26 heavy (non-hydrogen) atoms. The van der Waals surface area contributed by atoms with E-state index in [0.717, 1.165) is 15.8 Å². The minimum atomic E-state index is -0.215. The highest BCUT2D eigenvalue weighted by Gasteiger charge is 2.13. The van der Waals surface area contributed by atoms with Gasteiger partial charge in [-0.05, 0) is 30.3 Å². The Kier molecular flexibility index (Phi) is 4.63. The van der Waals surface area contributed by atoms with E-state index in [2.05, 4.69) is 15.4 Å². The van der Waals surface area contributed by atoms with Gasteiger partial charge in [-0.25, -0.2) is 9.67 Å². The number of amides is 1. The lowest BCUT2D eigenvalue weighted by atomic mass is 10.2. The summed E-state index contributed by atoms with van der Waals surface area (Å²) in [6.45, 7) is 0.356. The summed E-state index contributed by atoms with van der Waals surface area (Å²) < 4.78 is 2.62. The molecule has 4 rings (SSSR count). The van der Waals surface area contributed by atoms with E-state index >= 15 is 0 Å². The summed E-state index contributed by atoms with van der Waals surface area (Å²) in [5.74, 6) is 0.350. The lowest BCUT2D eigenvalue weighted by molar-refractivity contribution is 0.102. The highest BCUT2D eigenvalue weighted by atomic mass is 35.5. The molecule has 0 bridgehead atoms. The average Bonchev–Trinajstić information content (AvgIpc) is 3.26. The van der Waals surface area contributed by atoms with Gasteiger partial charge in [0.1, 0.15) is 5.82 Å². The molecule has 2 heterocycles. The minimum Gasteiger partial charge on any atom is -0.307 e. The Hall–Kier alpha value is -2.41. The Morgan fingerprint density at radius 1 is 1.15 bits per heavy atom. The number of hydrogen-bond donors (Lipinski definition) is 1. The van der Waals surface area contributed by atoms with E-state index in [4.69, 9.17) is 23.2 Å². The Bertz CT molecular complexity index is 1090. The second-order valence-corrected chi connectivity index (χ2v) is 7.26. The van der Waals surface area contributed by atoms with Gasteiger partial charge in [0, 0.05) is 27.2 Å². The zero-order valence-electron chi connectivity index (χ0n) is 13.3. The summed E-state index contributed by atoms with van der Waals surface area (Å²) in [5.41, 5.74) is 3.95. The Labute approximate surface area is 163 Å². The topological polar surface area (TPSA) is 59.8 Å². The smallest absolute Gasteiger partial charge is 0.256 e. The first-order valence-corrected chi connectivity index (χ1v) is 9.34. The van der Waals surface area contributed by atoms with Gasteiger partial charge in [0.25, 0.3) is 5.91 Å². The van der Waals surface area contributed by atoms with Gasteiger partial charge in [0.05, 0.1) is 28.5 Å². The summed E-state index contributed by atoms with van der Waals surface area (Å²) in [6.07, 6.45) is 1.62. The highest BCUT2D eigenvalue weighted by Crippen LogP contribution is 2.26. The average molecular weight is 403 g/mol. The fourth-order valence-corrected chi connectivity index (χ4v) is 3.82. The Balaban J connectivity index is 1.57. The van der Waals surface area contributed by atoms with Gasteiger partial charge < -0.3 is 5.32 Å². The van der Waals surface area contributed by atoms with Crippen LogP contribution >= 0.6 is 34.5 Å². The molecule has 0 fully saturated rings. The van der Waals surface area contributed by atoms with E-state index in [0.29, 0.717) is 28.0 Å². The molecular weight excluding hydrogens is 391 g/mol. The zero-order chi connectivity index (χ0) is 18.1. The van der Waals surface area contributed by atoms with Crippen LogP contribution in [0.15, 0.2) is 54.2 Å². The number of benzene rings is 2. The third kappa shape index (κ3) is 3.31. The molecule has 0 aliphatic heterocycles. The molecule has 0 atom stereocenters. The number of carbonyl (C=O) groups excluding carboxylic acids is 1. The molecule has 0 aliphatic carbocycles. The van der Waals surface area contributed by atoms with Crippen LogP contribution in [0.25, 0.3) is 10.2 Å². The monoisotopic (exact) mass is 402 g/mol. The largest absolute Gasteiger partial charge is 0.307 e. The molecule has 1 N–H and O–H groups in total. The van der Waals surface area contributed by atoms with Crippen LogP contribution in [-0.2, 0) is 6.54 Å². The van der Waals surface area contributed by atoms with E-state index in [9.17, 15) is 4.79 Å². The molecule has 2 aromatic heterocycles. The van der Waals surface area contributed by atoms with E-state index in [1.807, 2.05) is 12.1 Å². The van der Waals surface area contributed by atoms with E-state index in [-0.39, 0.29) is 5.91 Å². The van der Waals surface area contributed by atoms with Crippen molar-refractivity contribution in [1.29, 1.82) is 0 Å². The fourth-order valence-electron chi connectivity index (χ4n) is 2.58. The van der Waals surface area contributed by atoms with Crippen molar-refractivity contribution in [3.05, 3.63) is 75.3 Å². The number of fused-ring (bicyclic) bond motifs is 1. The third-order valence-electron chi connectivity index (χ3n) is 3.92. The van der Waals surface area contributed by atoms with Crippen LogP contribution in [0, 0.1) is 0 Å². The predicted octanol–water partition coefficient (Wildman–Crippen LogP) is 5.10. The summed E-state index contributed by atoms with van der Waals surface area (Å²) in [6, 6.07) is 12.5. The lowest BCUT2D eigenvalue weighted by Gasteiger charge is -2.11. The molecule has 0 radical (unpaired) electrons. The van der Waals surface area contributed by atoms with Gasteiger partial charge in [0.15, 0.2) is 0 Å². The molecule has 5 nitrogen and oxygen atoms in total. The maximum atomic E-state index is 12.6. The first-order valence-electron chi connectivity index (χ1n) is 7.71. The van der Waals surface area contributed by atoms with E-state index in [1.54, 1.807) is 46.7 Å². The van der Waals surface area contributed by atoms with Crippen LogP contribution in [0.2, 0.25) is 10.0 Å². The van der Waals surface area contributed by atoms with Crippen molar-refractivity contribution in [2.75, 3.05) is 5.32 Å². The Morgan fingerprint density at radius 3 is 2.77 bits per heavy atom. The van der Waals surface area contributed by atoms with Crippen molar-refractivity contribution in [2.45, 2.75) is 6.54 Å². The number of carbonyl (C=O) groups is 1. The number of aromatic nitrogens is 3. The van der Waals surface area contributed by atoms with Crippen molar-refractivity contribution in [1.82, 2.24) is 14.8 Å². The van der Waals surface area contributed by atoms with Gasteiger partial charge in [-0.2, -0.15) is 5.10 Å². The van der Waals surface area contributed by atoms with Crippen molar-refractivity contribution < 1.29 is 4.79 Å². The zero-order valence-corrected chi connectivity index (χ0v) is 15.6. The summed E-state index contributed by atoms with van der Waals surface area (Å²) in [5, 5.41) is 8.25. The number of halogens is 2. The van der Waals surface area contributed by atoms with Gasteiger partial charge in [-0.15, -0.1) is 11.3 Å². The fraction of sp³-hybridized carbons (Fsp3) is 0.0556. The first kappa shape index (κ1) is 17.0. The molecule has 1 amide bonds. The quantitative estimate of drug-likeness (QED) is 0.516. The molecule has 0 saturated carbocycles. The number of thiazole rings is 1. The second-order valence-electron chi connectivity index (χ2n) is 5.56. The van der Waals surface area contributed by atoms with Gasteiger partial charge in [-0.3, -0.25) is 4.79 Å². The number of hydrogen-bond acceptors (Lipinski definition) is 4. The standard InChI is InChI=1S/C18H12Cl2N4OS/c19-13-2-1-3-14(20)12(13)9-24-17(6-7-22-24)23-18(25)11-4-5-15-16(8-11)26-10-21-15/h1-8,10H,9H2,(H,23,25). The molecule has 4 aromatic rings. The number of nitrogens with zero attached hydrogens (tertiary/aromatic N) is 3. The third-order valence-corrected chi connectivity index (χ3v) is 5.42. The maximum absolute atomic E-state index is 12.6. The van der Waals surface area contributed by atoms with Crippen LogP contribution in [-0.4, -0.2) is 20.7 Å². The molecule has 130 valence electrons. The number of rotatable bonds is 4. The summed E-state index contributed by atoms with van der Waals surface area (Å²) in [7, 11) is 0. The Morgan fingerprint density at radius 2 is 1.96 bits per heavy atom. The van der Waals surface area contributed by atoms with E-state index in [1.165, 1.54) is 11.3 Å². The van der Waals surface area contributed by atoms with Crippen LogP contribution in [0.3, 0.4) is 0 Å². The van der Waals surface area contributed by atoms with E-state index < -0.39 is 0 Å². The normalized spacial score (nSPS) is 11.0. The molecule has 8 heteroatoms. The van der Waals surface area contributed by atoms with Crippen LogP contribution in [0.1, 0.15) is 15.9 Å². The maximum Gasteiger partial charge on any atom is 0.256 e. The van der Waals surface area contributed by atoms with Crippen LogP contribution in [0.4, 0.5) is 5.82 Å². The number of nitrogens with one attached hydrogen (secondary N) is 1. The molecule has 0 saturated heterocycles. The second kappa shape index (κ2) is 7.07. The van der Waals surface area contributed by atoms with Gasteiger partial charge in [0.2, 0.25) is 0 Å². The van der Waals surface area contributed by atoms with Crippen molar-refractivity contribution >= 4 is 56.5 Å². The first-order chi connectivity index (χ1) is 12.6. The minimum absolute atomic E-state index is 0.215. The highest BCUT2D eigenvalue weighted by molar-refractivity contribution is 7.16.